The lowest BCUT2D eigenvalue weighted by molar-refractivity contribution is -0.140. The lowest BCUT2D eigenvalue weighted by atomic mass is 9.86. The number of aromatic carboxylic acids is 1. The number of carboxylic acids is 1. The first kappa shape index (κ1) is 23.5. The predicted octanol–water partition coefficient (Wildman–Crippen LogP) is 1.71. The van der Waals surface area contributed by atoms with Crippen LogP contribution in [0.25, 0.3) is 16.2 Å². The van der Waals surface area contributed by atoms with Crippen LogP contribution in [0.4, 0.5) is 5.82 Å². The molecule has 12 heteroatoms. The van der Waals surface area contributed by atoms with Crippen LogP contribution < -0.4 is 10.3 Å². The number of aliphatic hydroxyl groups is 1. The Morgan fingerprint density at radius 3 is 2.77 bits per heavy atom. The number of hydrogen-bond donors (Lipinski definition) is 2. The molecule has 5 rings (SSSR count). The number of carboxylic acid groups (broad SMARTS) is 1. The highest BCUT2D eigenvalue weighted by atomic mass is 32.1. The van der Waals surface area contributed by atoms with Gasteiger partial charge in [0.15, 0.2) is 17.0 Å². The van der Waals surface area contributed by atoms with Crippen LogP contribution >= 0.6 is 11.5 Å². The molecule has 0 bridgehead atoms. The topological polar surface area (TPSA) is 148 Å². The second kappa shape index (κ2) is 9.10. The highest BCUT2D eigenvalue weighted by molar-refractivity contribution is 7.08. The number of fused-ring (bicyclic) bond motifs is 1. The van der Waals surface area contributed by atoms with Crippen molar-refractivity contribution in [3.63, 3.8) is 0 Å². The predicted molar refractivity (Wildman–Crippen MR) is 127 cm³/mol. The fraction of sp³-hybridized carbons (Fsp3) is 0.478. The molecule has 0 aromatic carbocycles. The van der Waals surface area contributed by atoms with E-state index in [9.17, 15) is 24.6 Å². The van der Waals surface area contributed by atoms with Gasteiger partial charge in [-0.05, 0) is 44.2 Å². The van der Waals surface area contributed by atoms with Crippen molar-refractivity contribution in [2.24, 2.45) is 0 Å². The van der Waals surface area contributed by atoms with E-state index in [1.165, 1.54) is 17.1 Å². The standard InChI is InChI=1S/C23H25N5O6S/c1-13-8-17(27-10-23(33,11-27)16(29)6-5-14-4-2-3-7-34-14)26-20-18(13)19(30)15(21(31)32)9-28(20)22-24-12-25-35-22/h8-9,12,14,33H,2-7,10-11H2,1H3,(H,31,32). The number of ether oxygens (including phenoxy) is 1. The molecule has 1 atom stereocenters. The van der Waals surface area contributed by atoms with Crippen molar-refractivity contribution in [2.75, 3.05) is 24.6 Å². The fourth-order valence-corrected chi connectivity index (χ4v) is 5.20. The van der Waals surface area contributed by atoms with Crippen LogP contribution in [0.15, 0.2) is 23.4 Å². The van der Waals surface area contributed by atoms with E-state index in [0.29, 0.717) is 22.9 Å². The molecule has 11 nitrogen and oxygen atoms in total. The van der Waals surface area contributed by atoms with Gasteiger partial charge in [-0.1, -0.05) is 0 Å². The second-order valence-corrected chi connectivity index (χ2v) is 9.86. The maximum absolute atomic E-state index is 12.9. The summed E-state index contributed by atoms with van der Waals surface area (Å²) in [5.74, 6) is -1.08. The zero-order valence-corrected chi connectivity index (χ0v) is 20.0. The van der Waals surface area contributed by atoms with Crippen molar-refractivity contribution in [1.29, 1.82) is 0 Å². The molecule has 2 saturated heterocycles. The summed E-state index contributed by atoms with van der Waals surface area (Å²) in [6, 6.07) is 1.67. The van der Waals surface area contributed by atoms with Gasteiger partial charge < -0.3 is 19.8 Å². The third-order valence-electron chi connectivity index (χ3n) is 6.64. The summed E-state index contributed by atoms with van der Waals surface area (Å²) in [7, 11) is 0. The van der Waals surface area contributed by atoms with Gasteiger partial charge in [0.1, 0.15) is 17.7 Å². The minimum atomic E-state index is -1.45. The first-order valence-corrected chi connectivity index (χ1v) is 12.2. The quantitative estimate of drug-likeness (QED) is 0.492. The third kappa shape index (κ3) is 4.32. The maximum Gasteiger partial charge on any atom is 0.341 e. The smallest absolute Gasteiger partial charge is 0.341 e. The minimum absolute atomic E-state index is 0.0741. The highest BCUT2D eigenvalue weighted by Crippen LogP contribution is 2.32. The highest BCUT2D eigenvalue weighted by Gasteiger charge is 2.47. The normalized spacial score (nSPS) is 19.5. The Hall–Kier alpha value is -3.22. The number of nitrogens with zero attached hydrogens (tertiary/aromatic N) is 5. The Kier molecular flexibility index (Phi) is 6.11. The second-order valence-electron chi connectivity index (χ2n) is 9.10. The minimum Gasteiger partial charge on any atom is -0.477 e. The van der Waals surface area contributed by atoms with Gasteiger partial charge in [-0.25, -0.2) is 14.8 Å². The number of β-amino-alcohol motifs (C(OH)–C–C–N with tert-alkyl or cyclic N) is 1. The van der Waals surface area contributed by atoms with Gasteiger partial charge in [0.25, 0.3) is 0 Å². The summed E-state index contributed by atoms with van der Waals surface area (Å²) in [6.45, 7) is 2.60. The van der Waals surface area contributed by atoms with Gasteiger partial charge in [0.05, 0.1) is 24.6 Å². The Labute approximate surface area is 204 Å². The van der Waals surface area contributed by atoms with Gasteiger partial charge in [0.2, 0.25) is 10.6 Å². The molecular weight excluding hydrogens is 474 g/mol. The van der Waals surface area contributed by atoms with Crippen molar-refractivity contribution < 1.29 is 24.5 Å². The molecule has 2 fully saturated rings. The Balaban J connectivity index is 1.41. The summed E-state index contributed by atoms with van der Waals surface area (Å²) in [5, 5.41) is 20.9. The summed E-state index contributed by atoms with van der Waals surface area (Å²) < 4.78 is 11.1. The Bertz CT molecular complexity index is 1340. The number of carbonyl (C=O) groups is 2. The molecule has 35 heavy (non-hydrogen) atoms. The molecule has 0 aliphatic carbocycles. The number of Topliss-reactive ketones (excluding diaryl/α,β-unsaturated/α-hetero) is 1. The van der Waals surface area contributed by atoms with Crippen molar-refractivity contribution in [3.05, 3.63) is 39.9 Å². The summed E-state index contributed by atoms with van der Waals surface area (Å²) in [6.07, 6.45) is 6.56. The van der Waals surface area contributed by atoms with Gasteiger partial charge in [-0.2, -0.15) is 4.37 Å². The number of aromatic nitrogens is 4. The first-order chi connectivity index (χ1) is 16.8. The largest absolute Gasteiger partial charge is 0.477 e. The molecule has 0 radical (unpaired) electrons. The van der Waals surface area contributed by atoms with Crippen molar-refractivity contribution in [3.8, 4) is 5.13 Å². The number of pyridine rings is 2. The van der Waals surface area contributed by atoms with Crippen LogP contribution in [0.2, 0.25) is 0 Å². The SMILES string of the molecule is Cc1cc(N2CC(O)(C(=O)CCC3CCCCO3)C2)nc2c1c(=O)c(C(=O)O)cn2-c1ncns1. The van der Waals surface area contributed by atoms with E-state index < -0.39 is 22.6 Å². The molecule has 3 aromatic heterocycles. The van der Waals surface area contributed by atoms with E-state index in [-0.39, 0.29) is 42.4 Å². The molecule has 2 aliphatic heterocycles. The zero-order chi connectivity index (χ0) is 24.7. The van der Waals surface area contributed by atoms with E-state index in [2.05, 4.69) is 14.3 Å². The number of hydrogen-bond acceptors (Lipinski definition) is 10. The number of anilines is 1. The molecule has 1 unspecified atom stereocenters. The first-order valence-electron chi connectivity index (χ1n) is 11.5. The van der Waals surface area contributed by atoms with Crippen molar-refractivity contribution in [1.82, 2.24) is 18.9 Å². The number of ketones is 1. The molecule has 5 heterocycles. The molecular formula is C23H25N5O6S. The van der Waals surface area contributed by atoms with Crippen LogP contribution in [0, 0.1) is 6.92 Å². The molecule has 0 amide bonds. The van der Waals surface area contributed by atoms with Gasteiger partial charge in [-0.15, -0.1) is 0 Å². The number of carbonyl (C=O) groups excluding carboxylic acids is 1. The summed E-state index contributed by atoms with van der Waals surface area (Å²) in [4.78, 5) is 47.8. The van der Waals surface area contributed by atoms with Gasteiger partial charge in [0, 0.05) is 30.8 Å². The summed E-state index contributed by atoms with van der Waals surface area (Å²) >= 11 is 1.04. The average molecular weight is 500 g/mol. The van der Waals surface area contributed by atoms with Crippen LogP contribution in [0.5, 0.6) is 0 Å². The van der Waals surface area contributed by atoms with Crippen molar-refractivity contribution in [2.45, 2.75) is 50.7 Å². The van der Waals surface area contributed by atoms with E-state index in [1.807, 2.05) is 0 Å². The van der Waals surface area contributed by atoms with Crippen molar-refractivity contribution >= 4 is 40.1 Å². The fourth-order valence-electron chi connectivity index (χ4n) is 4.69. The average Bonchev–Trinajstić information content (AvgIpc) is 3.35. The molecule has 2 N–H and O–H groups in total. The Morgan fingerprint density at radius 1 is 1.31 bits per heavy atom. The molecule has 3 aromatic rings. The third-order valence-corrected chi connectivity index (χ3v) is 7.31. The van der Waals surface area contributed by atoms with Gasteiger partial charge in [-0.3, -0.25) is 14.2 Å². The number of rotatable bonds is 7. The monoisotopic (exact) mass is 499 g/mol. The lowest BCUT2D eigenvalue weighted by Crippen LogP contribution is -2.66. The van der Waals surface area contributed by atoms with E-state index in [1.54, 1.807) is 17.9 Å². The van der Waals surface area contributed by atoms with Crippen LogP contribution in [-0.4, -0.2) is 72.3 Å². The van der Waals surface area contributed by atoms with E-state index in [4.69, 9.17) is 4.74 Å². The summed E-state index contributed by atoms with van der Waals surface area (Å²) in [5.41, 5.74) is -1.71. The molecule has 0 spiro atoms. The Morgan fingerprint density at radius 2 is 2.11 bits per heavy atom. The maximum atomic E-state index is 12.9. The molecule has 184 valence electrons. The van der Waals surface area contributed by atoms with E-state index in [0.717, 1.165) is 37.4 Å². The van der Waals surface area contributed by atoms with Crippen LogP contribution in [-0.2, 0) is 9.53 Å². The van der Waals surface area contributed by atoms with Crippen LogP contribution in [0.3, 0.4) is 0 Å². The number of aryl methyl sites for hydroxylation is 1. The zero-order valence-electron chi connectivity index (χ0n) is 19.1. The van der Waals surface area contributed by atoms with E-state index >= 15 is 0 Å². The molecule has 0 saturated carbocycles. The van der Waals surface area contributed by atoms with Gasteiger partial charge >= 0.3 is 5.97 Å². The molecule has 2 aliphatic rings. The lowest BCUT2D eigenvalue weighted by Gasteiger charge is -2.46. The van der Waals surface area contributed by atoms with Crippen LogP contribution in [0.1, 0.15) is 48.0 Å².